The van der Waals surface area contributed by atoms with Gasteiger partial charge in [-0.1, -0.05) is 30.3 Å². The largest absolute Gasteiger partial charge is 0.460 e. The molecule has 0 bridgehead atoms. The van der Waals surface area contributed by atoms with Crippen molar-refractivity contribution in [1.82, 2.24) is 9.78 Å². The van der Waals surface area contributed by atoms with Gasteiger partial charge in [-0.15, -0.1) is 0 Å². The highest BCUT2D eigenvalue weighted by Crippen LogP contribution is 2.39. The van der Waals surface area contributed by atoms with Crippen LogP contribution in [0.2, 0.25) is 0 Å². The molecule has 1 aliphatic rings. The SMILES string of the molecule is CC(C)n1ncc2c1NC(=O)CC2c1ccc(-c2ccccc2)o1. The number of anilines is 1. The van der Waals surface area contributed by atoms with Gasteiger partial charge < -0.3 is 9.73 Å². The van der Waals surface area contributed by atoms with Crippen LogP contribution in [0, 0.1) is 0 Å². The molecule has 0 fully saturated rings. The van der Waals surface area contributed by atoms with E-state index in [1.54, 1.807) is 0 Å². The van der Waals surface area contributed by atoms with Crippen molar-refractivity contribution in [2.75, 3.05) is 5.32 Å². The number of rotatable bonds is 3. The first-order chi connectivity index (χ1) is 11.6. The highest BCUT2D eigenvalue weighted by atomic mass is 16.3. The lowest BCUT2D eigenvalue weighted by atomic mass is 9.92. The van der Waals surface area contributed by atoms with Crippen molar-refractivity contribution < 1.29 is 9.21 Å². The van der Waals surface area contributed by atoms with E-state index in [4.69, 9.17) is 4.42 Å². The van der Waals surface area contributed by atoms with Gasteiger partial charge in [-0.25, -0.2) is 4.68 Å². The molecule has 1 atom stereocenters. The van der Waals surface area contributed by atoms with E-state index in [-0.39, 0.29) is 17.9 Å². The zero-order chi connectivity index (χ0) is 16.7. The lowest BCUT2D eigenvalue weighted by Gasteiger charge is -2.23. The number of hydrogen-bond acceptors (Lipinski definition) is 3. The van der Waals surface area contributed by atoms with Crippen molar-refractivity contribution >= 4 is 11.7 Å². The van der Waals surface area contributed by atoms with Gasteiger partial charge >= 0.3 is 0 Å². The molecule has 3 aromatic rings. The maximum Gasteiger partial charge on any atom is 0.226 e. The molecule has 0 spiro atoms. The maximum atomic E-state index is 12.2. The maximum absolute atomic E-state index is 12.2. The quantitative estimate of drug-likeness (QED) is 0.786. The summed E-state index contributed by atoms with van der Waals surface area (Å²) in [5, 5.41) is 7.38. The van der Waals surface area contributed by atoms with Gasteiger partial charge in [0.25, 0.3) is 0 Å². The Balaban J connectivity index is 1.73. The molecule has 3 heterocycles. The fraction of sp³-hybridized carbons (Fsp3) is 0.263. The molecular formula is C19H19N3O2. The van der Waals surface area contributed by atoms with Crippen LogP contribution in [-0.2, 0) is 4.79 Å². The smallest absolute Gasteiger partial charge is 0.226 e. The molecule has 1 unspecified atom stereocenters. The molecule has 1 N–H and O–H groups in total. The van der Waals surface area contributed by atoms with Crippen LogP contribution in [0.15, 0.2) is 53.1 Å². The van der Waals surface area contributed by atoms with Gasteiger partial charge in [0.05, 0.1) is 12.1 Å². The Kier molecular flexibility index (Phi) is 3.49. The predicted molar refractivity (Wildman–Crippen MR) is 91.8 cm³/mol. The third-order valence-corrected chi connectivity index (χ3v) is 4.36. The molecule has 5 nitrogen and oxygen atoms in total. The van der Waals surface area contributed by atoms with E-state index in [1.807, 2.05) is 67.2 Å². The number of carbonyl (C=O) groups excluding carboxylic acids is 1. The van der Waals surface area contributed by atoms with E-state index in [9.17, 15) is 4.79 Å². The number of carbonyl (C=O) groups is 1. The molecule has 4 rings (SSSR count). The number of amides is 1. The molecular weight excluding hydrogens is 302 g/mol. The summed E-state index contributed by atoms with van der Waals surface area (Å²) in [5.74, 6) is 2.29. The standard InChI is InChI=1S/C19H19N3O2/c1-12(2)22-19-15(11-20-22)14(10-18(23)21-19)17-9-8-16(24-17)13-6-4-3-5-7-13/h3-9,11-12,14H,10H2,1-2H3,(H,21,23). The molecule has 0 radical (unpaired) electrons. The first kappa shape index (κ1) is 14.8. The van der Waals surface area contributed by atoms with Crippen molar-refractivity contribution in [3.8, 4) is 11.3 Å². The number of benzene rings is 1. The minimum absolute atomic E-state index is 0.00689. The van der Waals surface area contributed by atoms with Gasteiger partial charge in [-0.2, -0.15) is 5.10 Å². The zero-order valence-corrected chi connectivity index (χ0v) is 13.7. The number of nitrogens with one attached hydrogen (secondary N) is 1. The van der Waals surface area contributed by atoms with Crippen LogP contribution in [0.25, 0.3) is 11.3 Å². The number of furan rings is 1. The second kappa shape index (κ2) is 5.67. The van der Waals surface area contributed by atoms with Crippen molar-refractivity contribution in [3.05, 3.63) is 60.0 Å². The first-order valence-electron chi connectivity index (χ1n) is 8.16. The minimum Gasteiger partial charge on any atom is -0.460 e. The molecule has 1 aromatic carbocycles. The van der Waals surface area contributed by atoms with E-state index in [1.165, 1.54) is 0 Å². The molecule has 24 heavy (non-hydrogen) atoms. The number of fused-ring (bicyclic) bond motifs is 1. The van der Waals surface area contributed by atoms with Crippen LogP contribution in [0.4, 0.5) is 5.82 Å². The highest BCUT2D eigenvalue weighted by molar-refractivity contribution is 5.94. The lowest BCUT2D eigenvalue weighted by Crippen LogP contribution is -2.25. The Hall–Kier alpha value is -2.82. The average Bonchev–Trinajstić information content (AvgIpc) is 3.22. The van der Waals surface area contributed by atoms with Gasteiger partial charge in [-0.3, -0.25) is 4.79 Å². The lowest BCUT2D eigenvalue weighted by molar-refractivity contribution is -0.116. The summed E-state index contributed by atoms with van der Waals surface area (Å²) >= 11 is 0. The van der Waals surface area contributed by atoms with E-state index < -0.39 is 0 Å². The zero-order valence-electron chi connectivity index (χ0n) is 13.7. The van der Waals surface area contributed by atoms with Gasteiger partial charge in [-0.05, 0) is 26.0 Å². The summed E-state index contributed by atoms with van der Waals surface area (Å²) in [6.07, 6.45) is 2.21. The Morgan fingerprint density at radius 2 is 2.00 bits per heavy atom. The van der Waals surface area contributed by atoms with Gasteiger partial charge in [0, 0.05) is 23.6 Å². The average molecular weight is 321 g/mol. The summed E-state index contributed by atoms with van der Waals surface area (Å²) in [6, 6.07) is 14.1. The molecule has 1 aliphatic heterocycles. The van der Waals surface area contributed by atoms with Crippen LogP contribution in [-0.4, -0.2) is 15.7 Å². The number of aromatic nitrogens is 2. The molecule has 0 saturated carbocycles. The van der Waals surface area contributed by atoms with E-state index in [0.717, 1.165) is 28.5 Å². The Bertz CT molecular complexity index is 877. The molecule has 2 aromatic heterocycles. The van der Waals surface area contributed by atoms with Crippen molar-refractivity contribution in [2.45, 2.75) is 32.2 Å². The van der Waals surface area contributed by atoms with Crippen LogP contribution < -0.4 is 5.32 Å². The molecule has 5 heteroatoms. The fourth-order valence-corrected chi connectivity index (χ4v) is 3.18. The highest BCUT2D eigenvalue weighted by Gasteiger charge is 2.32. The van der Waals surface area contributed by atoms with Crippen molar-refractivity contribution in [2.24, 2.45) is 0 Å². The number of nitrogens with zero attached hydrogens (tertiary/aromatic N) is 2. The molecule has 1 amide bonds. The van der Waals surface area contributed by atoms with E-state index in [2.05, 4.69) is 10.4 Å². The van der Waals surface area contributed by atoms with Crippen LogP contribution in [0.1, 0.15) is 43.6 Å². The minimum atomic E-state index is -0.0984. The van der Waals surface area contributed by atoms with Crippen LogP contribution >= 0.6 is 0 Å². The molecule has 122 valence electrons. The summed E-state index contributed by atoms with van der Waals surface area (Å²) in [5.41, 5.74) is 2.04. The second-order valence-electron chi connectivity index (χ2n) is 6.36. The first-order valence-corrected chi connectivity index (χ1v) is 8.16. The van der Waals surface area contributed by atoms with E-state index in [0.29, 0.717) is 6.42 Å². The molecule has 0 saturated heterocycles. The predicted octanol–water partition coefficient (Wildman–Crippen LogP) is 4.20. The summed E-state index contributed by atoms with van der Waals surface area (Å²) in [6.45, 7) is 4.09. The van der Waals surface area contributed by atoms with Gasteiger partial charge in [0.15, 0.2) is 0 Å². The summed E-state index contributed by atoms with van der Waals surface area (Å²) in [4.78, 5) is 12.2. The van der Waals surface area contributed by atoms with Gasteiger partial charge in [0.2, 0.25) is 5.91 Å². The Labute approximate surface area is 140 Å². The Morgan fingerprint density at radius 1 is 1.21 bits per heavy atom. The van der Waals surface area contributed by atoms with Crippen LogP contribution in [0.3, 0.4) is 0 Å². The number of hydrogen-bond donors (Lipinski definition) is 1. The van der Waals surface area contributed by atoms with Gasteiger partial charge in [0.1, 0.15) is 17.3 Å². The normalized spacial score (nSPS) is 17.0. The fourth-order valence-electron chi connectivity index (χ4n) is 3.18. The van der Waals surface area contributed by atoms with Crippen molar-refractivity contribution in [3.63, 3.8) is 0 Å². The topological polar surface area (TPSA) is 60.1 Å². The summed E-state index contributed by atoms with van der Waals surface area (Å²) < 4.78 is 7.91. The second-order valence-corrected chi connectivity index (χ2v) is 6.36. The Morgan fingerprint density at radius 3 is 2.75 bits per heavy atom. The summed E-state index contributed by atoms with van der Waals surface area (Å²) in [7, 11) is 0. The monoisotopic (exact) mass is 321 g/mol. The van der Waals surface area contributed by atoms with Crippen LogP contribution in [0.5, 0.6) is 0 Å². The third kappa shape index (κ3) is 2.42. The van der Waals surface area contributed by atoms with Crippen molar-refractivity contribution in [1.29, 1.82) is 0 Å². The van der Waals surface area contributed by atoms with E-state index >= 15 is 0 Å². The third-order valence-electron chi connectivity index (χ3n) is 4.36. The molecule has 0 aliphatic carbocycles.